The summed E-state index contributed by atoms with van der Waals surface area (Å²) in [5.74, 6) is 0.0768. The van der Waals surface area contributed by atoms with Crippen LogP contribution in [-0.2, 0) is 4.79 Å². The molecule has 3 nitrogen and oxygen atoms in total. The molecule has 3 heteroatoms. The molecule has 0 rings (SSSR count). The summed E-state index contributed by atoms with van der Waals surface area (Å²) in [6.45, 7) is 2.95. The average molecular weight is 156 g/mol. The summed E-state index contributed by atoms with van der Waals surface area (Å²) in [5.41, 5.74) is 0. The molecule has 0 saturated heterocycles. The van der Waals surface area contributed by atoms with E-state index in [1.165, 1.54) is 0 Å². The molecule has 0 unspecified atom stereocenters. The first-order valence-corrected chi connectivity index (χ1v) is 4.00. The van der Waals surface area contributed by atoms with Gasteiger partial charge in [0.1, 0.15) is 0 Å². The van der Waals surface area contributed by atoms with Crippen molar-refractivity contribution in [2.45, 2.75) is 26.2 Å². The van der Waals surface area contributed by atoms with E-state index in [0.29, 0.717) is 6.42 Å². The Morgan fingerprint density at radius 1 is 1.64 bits per heavy atom. The highest BCUT2D eigenvalue weighted by atomic mass is 16.1. The minimum atomic E-state index is 0.0768. The van der Waals surface area contributed by atoms with E-state index < -0.39 is 0 Å². The van der Waals surface area contributed by atoms with Gasteiger partial charge < -0.3 is 5.32 Å². The van der Waals surface area contributed by atoms with E-state index >= 15 is 0 Å². The number of carbonyl (C=O) groups excluding carboxylic acids is 1. The quantitative estimate of drug-likeness (QED) is 0.593. The Kier molecular flexibility index (Phi) is 6.68. The minimum Gasteiger partial charge on any atom is -0.359 e. The summed E-state index contributed by atoms with van der Waals surface area (Å²) < 4.78 is 0. The monoisotopic (exact) mass is 156 g/mol. The smallest absolute Gasteiger partial charge is 0.220 e. The molecule has 0 aliphatic carbocycles. The lowest BCUT2D eigenvalue weighted by Crippen LogP contribution is -2.17. The lowest BCUT2D eigenvalue weighted by Gasteiger charge is -1.93. The van der Waals surface area contributed by atoms with E-state index in [1.807, 2.05) is 6.21 Å². The van der Waals surface area contributed by atoms with Crippen LogP contribution in [0.5, 0.6) is 0 Å². The van der Waals surface area contributed by atoms with Crippen LogP contribution < -0.4 is 5.32 Å². The van der Waals surface area contributed by atoms with Crippen LogP contribution in [0.4, 0.5) is 0 Å². The molecule has 0 spiro atoms. The van der Waals surface area contributed by atoms with Crippen LogP contribution in [0, 0.1) is 0 Å². The van der Waals surface area contributed by atoms with Gasteiger partial charge in [0.15, 0.2) is 0 Å². The molecule has 0 radical (unpaired) electrons. The van der Waals surface area contributed by atoms with E-state index in [2.05, 4.69) is 17.2 Å². The van der Waals surface area contributed by atoms with Crippen molar-refractivity contribution in [3.63, 3.8) is 0 Å². The first kappa shape index (κ1) is 10.1. The topological polar surface area (TPSA) is 41.5 Å². The van der Waals surface area contributed by atoms with Gasteiger partial charge in [-0.2, -0.15) is 0 Å². The maximum atomic E-state index is 10.7. The van der Waals surface area contributed by atoms with Gasteiger partial charge in [-0.15, -0.1) is 0 Å². The van der Waals surface area contributed by atoms with Gasteiger partial charge in [0, 0.05) is 20.0 Å². The van der Waals surface area contributed by atoms with Gasteiger partial charge in [0.2, 0.25) is 5.91 Å². The Labute approximate surface area is 67.9 Å². The largest absolute Gasteiger partial charge is 0.359 e. The second kappa shape index (κ2) is 7.25. The first-order valence-electron chi connectivity index (χ1n) is 4.00. The molecule has 0 heterocycles. The Bertz CT molecular complexity index is 132. The second-order valence-electron chi connectivity index (χ2n) is 2.30. The van der Waals surface area contributed by atoms with Crippen molar-refractivity contribution in [2.24, 2.45) is 4.99 Å². The Morgan fingerprint density at radius 2 is 2.36 bits per heavy atom. The van der Waals surface area contributed by atoms with Gasteiger partial charge in [-0.3, -0.25) is 9.79 Å². The highest BCUT2D eigenvalue weighted by Crippen LogP contribution is 1.85. The zero-order valence-corrected chi connectivity index (χ0v) is 7.26. The molecule has 1 amide bonds. The zero-order valence-electron chi connectivity index (χ0n) is 7.26. The molecule has 0 fully saturated rings. The normalized spacial score (nSPS) is 10.4. The maximum absolute atomic E-state index is 10.7. The summed E-state index contributed by atoms with van der Waals surface area (Å²) in [6, 6.07) is 0. The summed E-state index contributed by atoms with van der Waals surface area (Å²) in [7, 11) is 1.64. The Morgan fingerprint density at radius 3 is 2.91 bits per heavy atom. The molecule has 64 valence electrons. The SMILES string of the molecule is CCC/N=C/CCC(=O)NC. The number of hydrogen-bond donors (Lipinski definition) is 1. The van der Waals surface area contributed by atoms with E-state index in [4.69, 9.17) is 0 Å². The summed E-state index contributed by atoms with van der Waals surface area (Å²) in [6.07, 6.45) is 4.18. The van der Waals surface area contributed by atoms with Crippen LogP contribution in [0.25, 0.3) is 0 Å². The Balaban J connectivity index is 3.19. The van der Waals surface area contributed by atoms with E-state index in [9.17, 15) is 4.79 Å². The average Bonchev–Trinajstić information content (AvgIpc) is 2.04. The van der Waals surface area contributed by atoms with Crippen molar-refractivity contribution >= 4 is 12.1 Å². The highest BCUT2D eigenvalue weighted by Gasteiger charge is 1.92. The molecular formula is C8H16N2O. The van der Waals surface area contributed by atoms with Crippen molar-refractivity contribution < 1.29 is 4.79 Å². The van der Waals surface area contributed by atoms with Crippen molar-refractivity contribution in [3.05, 3.63) is 0 Å². The van der Waals surface area contributed by atoms with Gasteiger partial charge in [-0.1, -0.05) is 6.92 Å². The number of nitrogens with one attached hydrogen (secondary N) is 1. The third kappa shape index (κ3) is 7.03. The first-order chi connectivity index (χ1) is 5.31. The molecule has 1 N–H and O–H groups in total. The van der Waals surface area contributed by atoms with Gasteiger partial charge in [0.05, 0.1) is 0 Å². The lowest BCUT2D eigenvalue weighted by atomic mass is 10.3. The molecule has 0 atom stereocenters. The fourth-order valence-electron chi connectivity index (χ4n) is 0.632. The fourth-order valence-corrected chi connectivity index (χ4v) is 0.632. The Hall–Kier alpha value is -0.860. The van der Waals surface area contributed by atoms with Crippen LogP contribution in [0.2, 0.25) is 0 Å². The van der Waals surface area contributed by atoms with Crippen molar-refractivity contribution in [2.75, 3.05) is 13.6 Å². The summed E-state index contributed by atoms with van der Waals surface area (Å²) in [4.78, 5) is 14.8. The van der Waals surface area contributed by atoms with Crippen LogP contribution >= 0.6 is 0 Å². The van der Waals surface area contributed by atoms with Gasteiger partial charge in [0.25, 0.3) is 0 Å². The molecule has 0 aromatic carbocycles. The molecule has 11 heavy (non-hydrogen) atoms. The van der Waals surface area contributed by atoms with Crippen molar-refractivity contribution in [1.82, 2.24) is 5.32 Å². The molecule has 0 aromatic rings. The van der Waals surface area contributed by atoms with Crippen LogP contribution in [0.3, 0.4) is 0 Å². The molecule has 0 bridgehead atoms. The molecule has 0 aromatic heterocycles. The number of carbonyl (C=O) groups is 1. The number of amides is 1. The van der Waals surface area contributed by atoms with Gasteiger partial charge >= 0.3 is 0 Å². The predicted molar refractivity (Wildman–Crippen MR) is 47.0 cm³/mol. The number of rotatable bonds is 5. The fraction of sp³-hybridized carbons (Fsp3) is 0.750. The molecule has 0 saturated carbocycles. The number of aliphatic imine (C=N–C) groups is 1. The van der Waals surface area contributed by atoms with Crippen LogP contribution in [0.15, 0.2) is 4.99 Å². The maximum Gasteiger partial charge on any atom is 0.220 e. The summed E-state index contributed by atoms with van der Waals surface area (Å²) in [5, 5.41) is 2.56. The third-order valence-electron chi connectivity index (χ3n) is 1.26. The summed E-state index contributed by atoms with van der Waals surface area (Å²) >= 11 is 0. The van der Waals surface area contributed by atoms with Gasteiger partial charge in [-0.25, -0.2) is 0 Å². The van der Waals surface area contributed by atoms with E-state index in [1.54, 1.807) is 7.05 Å². The number of nitrogens with zero attached hydrogens (tertiary/aromatic N) is 1. The van der Waals surface area contributed by atoms with Crippen LogP contribution in [-0.4, -0.2) is 25.7 Å². The number of hydrogen-bond acceptors (Lipinski definition) is 2. The predicted octanol–water partition coefficient (Wildman–Crippen LogP) is 0.993. The standard InChI is InChI=1S/C8H16N2O/c1-3-6-10-7-4-5-8(11)9-2/h7H,3-6H2,1-2H3,(H,9,11)/b10-7+. The van der Waals surface area contributed by atoms with Gasteiger partial charge in [-0.05, 0) is 19.1 Å². The minimum absolute atomic E-state index is 0.0768. The molecule has 0 aliphatic rings. The highest BCUT2D eigenvalue weighted by molar-refractivity contribution is 5.78. The molecule has 0 aliphatic heterocycles. The van der Waals surface area contributed by atoms with Crippen LogP contribution in [0.1, 0.15) is 26.2 Å². The van der Waals surface area contributed by atoms with E-state index in [0.717, 1.165) is 19.4 Å². The van der Waals surface area contributed by atoms with Crippen molar-refractivity contribution in [1.29, 1.82) is 0 Å². The molecular weight excluding hydrogens is 140 g/mol. The zero-order chi connectivity index (χ0) is 8.53. The third-order valence-corrected chi connectivity index (χ3v) is 1.26. The lowest BCUT2D eigenvalue weighted by molar-refractivity contribution is -0.120. The second-order valence-corrected chi connectivity index (χ2v) is 2.30. The van der Waals surface area contributed by atoms with Crippen molar-refractivity contribution in [3.8, 4) is 0 Å². The van der Waals surface area contributed by atoms with E-state index in [-0.39, 0.29) is 5.91 Å².